The van der Waals surface area contributed by atoms with Gasteiger partial charge in [-0.15, -0.1) is 11.7 Å². The highest BCUT2D eigenvalue weighted by Crippen LogP contribution is 2.60. The van der Waals surface area contributed by atoms with E-state index in [2.05, 4.69) is 6.92 Å². The second-order valence-electron chi connectivity index (χ2n) is 7.58. The van der Waals surface area contributed by atoms with Crippen LogP contribution in [0.15, 0.2) is 53.4 Å². The zero-order chi connectivity index (χ0) is 20.4. The van der Waals surface area contributed by atoms with Crippen molar-refractivity contribution >= 4 is 11.2 Å². The maximum Gasteiger partial charge on any atom is 0.237 e. The zero-order valence-corrected chi connectivity index (χ0v) is 16.6. The predicted octanol–water partition coefficient (Wildman–Crippen LogP) is 8.32. The third-order valence-corrected chi connectivity index (χ3v) is 6.52. The van der Waals surface area contributed by atoms with Gasteiger partial charge in [-0.25, -0.2) is 8.78 Å². The first kappa shape index (κ1) is 21.2. The van der Waals surface area contributed by atoms with Crippen LogP contribution in [0.5, 0.6) is 0 Å². The number of rotatable bonds is 6. The maximum atomic E-state index is 15.4. The van der Waals surface area contributed by atoms with Gasteiger partial charge in [0.1, 0.15) is 6.17 Å². The Hall–Kier alpha value is -1.56. The molecule has 0 heterocycles. The fraction of sp³-hybridized carbons (Fsp3) is 0.455. The molecule has 0 radical (unpaired) electrons. The molecule has 0 amide bonds. The van der Waals surface area contributed by atoms with Crippen molar-refractivity contribution in [2.24, 2.45) is 0 Å². The van der Waals surface area contributed by atoms with E-state index in [0.29, 0.717) is 6.42 Å². The highest BCUT2D eigenvalue weighted by molar-refractivity contribution is 8.20. The molecule has 0 N–H and O–H groups in total. The second kappa shape index (κ2) is 8.44. The Kier molecular flexibility index (Phi) is 6.37. The van der Waals surface area contributed by atoms with Gasteiger partial charge in [-0.05, 0) is 66.8 Å². The molecule has 1 fully saturated rings. The number of alkyl halides is 2. The molecule has 0 aromatic heterocycles. The fourth-order valence-electron chi connectivity index (χ4n) is 3.95. The number of hydrogen-bond acceptors (Lipinski definition) is 0. The van der Waals surface area contributed by atoms with Gasteiger partial charge in [-0.2, -0.15) is 0 Å². The number of aryl methyl sites for hydroxylation is 1. The summed E-state index contributed by atoms with van der Waals surface area (Å²) >= 11 is -5.35. The lowest BCUT2D eigenvalue weighted by molar-refractivity contribution is 0.00118. The molecule has 0 nitrogen and oxygen atoms in total. The summed E-state index contributed by atoms with van der Waals surface area (Å²) in [4.78, 5) is -0.771. The third-order valence-electron chi connectivity index (χ3n) is 5.72. The molecule has 0 aliphatic heterocycles. The highest BCUT2D eigenvalue weighted by atomic mass is 32.3. The van der Waals surface area contributed by atoms with Gasteiger partial charge in [0.2, 0.25) is 11.2 Å². The number of hydrogen-bond donors (Lipinski definition) is 0. The number of halogens is 5. The largest absolute Gasteiger partial charge is 0.244 e. The minimum Gasteiger partial charge on any atom is -0.244 e. The molecule has 3 rings (SSSR count). The van der Waals surface area contributed by atoms with Crippen molar-refractivity contribution < 1.29 is 20.4 Å². The Morgan fingerprint density at radius 2 is 1.64 bits per heavy atom. The van der Waals surface area contributed by atoms with Crippen LogP contribution in [-0.2, 0) is 12.1 Å². The van der Waals surface area contributed by atoms with Crippen LogP contribution < -0.4 is 0 Å². The molecule has 0 saturated heterocycles. The van der Waals surface area contributed by atoms with E-state index in [-0.39, 0.29) is 24.3 Å². The SMILES string of the molecule is CCCCc1ccc(C2CCC(F)(c3ccc(S(F)(F)F)cc3)C(F)C2)cc1. The minimum absolute atomic E-state index is 0.000707. The van der Waals surface area contributed by atoms with Crippen molar-refractivity contribution in [1.82, 2.24) is 0 Å². The molecule has 0 spiro atoms. The van der Waals surface area contributed by atoms with E-state index in [0.717, 1.165) is 49.1 Å². The first-order chi connectivity index (χ1) is 13.2. The molecule has 3 atom stereocenters. The third kappa shape index (κ3) is 4.53. The molecular weight excluding hydrogens is 391 g/mol. The molecule has 2 aromatic rings. The van der Waals surface area contributed by atoms with Crippen LogP contribution >= 0.6 is 11.2 Å². The number of unbranched alkanes of at least 4 members (excludes halogenated alkanes) is 1. The van der Waals surface area contributed by atoms with Gasteiger partial charge < -0.3 is 0 Å². The summed E-state index contributed by atoms with van der Waals surface area (Å²) in [7, 11) is 0. The molecule has 1 aliphatic rings. The Labute approximate surface area is 165 Å². The standard InChI is InChI=1S/C22H25F5S/c1-2-3-4-16-5-7-17(8-6-16)18-13-14-22(24,21(23)15-18)19-9-11-20(12-10-19)28(25,26)27/h5-12,18,21H,2-4,13-15H2,1H3. The van der Waals surface area contributed by atoms with Crippen molar-refractivity contribution in [3.8, 4) is 0 Å². The summed E-state index contributed by atoms with van der Waals surface area (Å²) in [6.45, 7) is 2.14. The minimum atomic E-state index is -5.35. The average molecular weight is 416 g/mol. The van der Waals surface area contributed by atoms with Crippen LogP contribution in [0.4, 0.5) is 20.4 Å². The highest BCUT2D eigenvalue weighted by Gasteiger charge is 2.46. The van der Waals surface area contributed by atoms with Crippen LogP contribution in [0, 0.1) is 0 Å². The molecule has 3 unspecified atom stereocenters. The summed E-state index contributed by atoms with van der Waals surface area (Å²) in [5, 5.41) is 0. The second-order valence-corrected chi connectivity index (χ2v) is 8.86. The Balaban J connectivity index is 1.70. The van der Waals surface area contributed by atoms with E-state index in [9.17, 15) is 16.0 Å². The van der Waals surface area contributed by atoms with Gasteiger partial charge in [0.25, 0.3) is 0 Å². The van der Waals surface area contributed by atoms with Gasteiger partial charge in [0, 0.05) is 0 Å². The van der Waals surface area contributed by atoms with Crippen LogP contribution in [0.3, 0.4) is 0 Å². The van der Waals surface area contributed by atoms with Crippen LogP contribution in [0.25, 0.3) is 0 Å². The van der Waals surface area contributed by atoms with Crippen molar-refractivity contribution in [1.29, 1.82) is 0 Å². The smallest absolute Gasteiger partial charge is 0.237 e. The lowest BCUT2D eigenvalue weighted by atomic mass is 9.73. The van der Waals surface area contributed by atoms with Crippen LogP contribution in [-0.4, -0.2) is 6.17 Å². The van der Waals surface area contributed by atoms with E-state index in [1.165, 1.54) is 5.56 Å². The first-order valence-electron chi connectivity index (χ1n) is 9.68. The molecule has 28 heavy (non-hydrogen) atoms. The van der Waals surface area contributed by atoms with Gasteiger partial charge in [-0.1, -0.05) is 49.7 Å². The molecule has 1 saturated carbocycles. The Morgan fingerprint density at radius 3 is 2.18 bits per heavy atom. The Bertz CT molecular complexity index is 769. The predicted molar refractivity (Wildman–Crippen MR) is 105 cm³/mol. The normalized spacial score (nSPS) is 26.2. The van der Waals surface area contributed by atoms with E-state index in [1.807, 2.05) is 24.3 Å². The summed E-state index contributed by atoms with van der Waals surface area (Å²) < 4.78 is 68.6. The molecule has 154 valence electrons. The summed E-state index contributed by atoms with van der Waals surface area (Å²) in [6.07, 6.45) is 1.99. The van der Waals surface area contributed by atoms with E-state index < -0.39 is 27.9 Å². The quantitative estimate of drug-likeness (QED) is 0.415. The molecule has 1 aliphatic carbocycles. The van der Waals surface area contributed by atoms with Crippen molar-refractivity contribution in [3.05, 3.63) is 65.2 Å². The molecule has 2 aromatic carbocycles. The van der Waals surface area contributed by atoms with Gasteiger partial charge >= 0.3 is 0 Å². The molecule has 0 bridgehead atoms. The maximum absolute atomic E-state index is 15.4. The zero-order valence-electron chi connectivity index (χ0n) is 15.8. The lowest BCUT2D eigenvalue weighted by Gasteiger charge is -2.37. The van der Waals surface area contributed by atoms with E-state index >= 15 is 4.39 Å². The molecular formula is C22H25F5S. The Morgan fingerprint density at radius 1 is 1.00 bits per heavy atom. The topological polar surface area (TPSA) is 0 Å². The average Bonchev–Trinajstić information content (AvgIpc) is 2.68. The van der Waals surface area contributed by atoms with Crippen LogP contribution in [0.1, 0.15) is 61.6 Å². The molecule has 6 heteroatoms. The lowest BCUT2D eigenvalue weighted by Crippen LogP contribution is -2.38. The van der Waals surface area contributed by atoms with E-state index in [4.69, 9.17) is 0 Å². The fourth-order valence-corrected chi connectivity index (χ4v) is 4.39. The summed E-state index contributed by atoms with van der Waals surface area (Å²) in [5.74, 6) is -0.0713. The summed E-state index contributed by atoms with van der Waals surface area (Å²) in [5.41, 5.74) is 0.0171. The summed E-state index contributed by atoms with van der Waals surface area (Å²) in [6, 6.07) is 12.0. The van der Waals surface area contributed by atoms with Crippen molar-refractivity contribution in [2.75, 3.05) is 0 Å². The first-order valence-corrected chi connectivity index (χ1v) is 11.0. The van der Waals surface area contributed by atoms with Crippen LogP contribution in [0.2, 0.25) is 0 Å². The van der Waals surface area contributed by atoms with Gasteiger partial charge in [0.15, 0.2) is 5.67 Å². The van der Waals surface area contributed by atoms with Gasteiger partial charge in [-0.3, -0.25) is 0 Å². The van der Waals surface area contributed by atoms with Gasteiger partial charge in [0.05, 0.1) is 4.90 Å². The van der Waals surface area contributed by atoms with Crippen molar-refractivity contribution in [2.45, 2.75) is 68.1 Å². The monoisotopic (exact) mass is 416 g/mol. The van der Waals surface area contributed by atoms with E-state index in [1.54, 1.807) is 0 Å². The number of benzene rings is 2. The van der Waals surface area contributed by atoms with Crippen molar-refractivity contribution in [3.63, 3.8) is 0 Å².